The number of aromatic nitrogens is 2. The fourth-order valence-electron chi connectivity index (χ4n) is 3.68. The van der Waals surface area contributed by atoms with Crippen molar-refractivity contribution in [1.29, 1.82) is 0 Å². The van der Waals surface area contributed by atoms with Gasteiger partial charge in [0.2, 0.25) is 5.88 Å². The van der Waals surface area contributed by atoms with E-state index < -0.39 is 5.60 Å². The summed E-state index contributed by atoms with van der Waals surface area (Å²) in [6.07, 6.45) is 2.26. The molecule has 1 unspecified atom stereocenters. The summed E-state index contributed by atoms with van der Waals surface area (Å²) in [6.45, 7) is 5.54. The van der Waals surface area contributed by atoms with Crippen molar-refractivity contribution in [2.24, 2.45) is 0 Å². The molecule has 2 fully saturated rings. The Kier molecular flexibility index (Phi) is 4.45. The molecule has 0 spiro atoms. The first kappa shape index (κ1) is 16.5. The van der Waals surface area contributed by atoms with E-state index in [1.165, 1.54) is 6.33 Å². The number of aliphatic hydroxyl groups is 1. The molecule has 1 aromatic carbocycles. The molecule has 1 N–H and O–H groups in total. The lowest BCUT2D eigenvalue weighted by Crippen LogP contribution is -2.52. The number of hydrogen-bond donors (Lipinski definition) is 1. The molecule has 0 aliphatic carbocycles. The highest BCUT2D eigenvalue weighted by Gasteiger charge is 2.35. The number of β-amino-alcohol motifs (C(OH)–C–C–N with tert-alkyl or cyclic N) is 1. The lowest BCUT2D eigenvalue weighted by atomic mass is 10.0. The van der Waals surface area contributed by atoms with Gasteiger partial charge in [-0.2, -0.15) is 0 Å². The monoisotopic (exact) mass is 344 g/mol. The number of nitrogens with zero attached hydrogens (tertiary/aromatic N) is 4. The molecule has 4 rings (SSSR count). The number of hydrogen-bond acceptors (Lipinski definition) is 7. The van der Waals surface area contributed by atoms with Crippen LogP contribution in [0.2, 0.25) is 0 Å². The molecule has 0 bridgehead atoms. The number of piperazine rings is 1. The van der Waals surface area contributed by atoms with E-state index in [-0.39, 0.29) is 0 Å². The van der Waals surface area contributed by atoms with Gasteiger partial charge in [-0.3, -0.25) is 4.90 Å². The summed E-state index contributed by atoms with van der Waals surface area (Å²) in [4.78, 5) is 13.2. The standard InChI is InChI=1S/C18H24N4O3/c1-24-17-15-10-14(2-3-16(15)19-13-20-17)22-7-5-21(6-8-22)11-18(23)4-9-25-12-18/h2-3,10,13,23H,4-9,11-12H2,1H3. The quantitative estimate of drug-likeness (QED) is 0.884. The van der Waals surface area contributed by atoms with E-state index >= 15 is 0 Å². The molecule has 0 amide bonds. The Labute approximate surface area is 147 Å². The van der Waals surface area contributed by atoms with Crippen LogP contribution in [0.1, 0.15) is 6.42 Å². The van der Waals surface area contributed by atoms with Crippen LogP contribution in [0.15, 0.2) is 24.5 Å². The minimum atomic E-state index is -0.671. The summed E-state index contributed by atoms with van der Waals surface area (Å²) in [5.41, 5.74) is 1.37. The van der Waals surface area contributed by atoms with Gasteiger partial charge < -0.3 is 19.5 Å². The fraction of sp³-hybridized carbons (Fsp3) is 0.556. The van der Waals surface area contributed by atoms with E-state index in [1.54, 1.807) is 7.11 Å². The second-order valence-corrected chi connectivity index (χ2v) is 6.87. The number of rotatable bonds is 4. The molecule has 2 aliphatic rings. The van der Waals surface area contributed by atoms with Gasteiger partial charge in [0.25, 0.3) is 0 Å². The van der Waals surface area contributed by atoms with Crippen LogP contribution in [0.25, 0.3) is 10.9 Å². The van der Waals surface area contributed by atoms with Crippen molar-refractivity contribution >= 4 is 16.6 Å². The van der Waals surface area contributed by atoms with Crippen molar-refractivity contribution in [3.63, 3.8) is 0 Å². The van der Waals surface area contributed by atoms with E-state index in [1.807, 2.05) is 6.07 Å². The number of benzene rings is 1. The van der Waals surface area contributed by atoms with E-state index in [9.17, 15) is 5.11 Å². The van der Waals surface area contributed by atoms with Crippen molar-refractivity contribution in [1.82, 2.24) is 14.9 Å². The van der Waals surface area contributed by atoms with Gasteiger partial charge in [0.05, 0.1) is 24.6 Å². The maximum absolute atomic E-state index is 10.5. The Bertz CT molecular complexity index is 740. The summed E-state index contributed by atoms with van der Waals surface area (Å²) >= 11 is 0. The average Bonchev–Trinajstić information content (AvgIpc) is 3.07. The van der Waals surface area contributed by atoms with Gasteiger partial charge in [0.15, 0.2) is 0 Å². The second-order valence-electron chi connectivity index (χ2n) is 6.87. The van der Waals surface area contributed by atoms with E-state index in [2.05, 4.69) is 31.9 Å². The molecule has 134 valence electrons. The largest absolute Gasteiger partial charge is 0.480 e. The molecule has 1 aromatic heterocycles. The zero-order valence-electron chi connectivity index (χ0n) is 14.5. The van der Waals surface area contributed by atoms with Crippen LogP contribution in [-0.2, 0) is 4.74 Å². The van der Waals surface area contributed by atoms with Gasteiger partial charge in [0.1, 0.15) is 11.9 Å². The van der Waals surface area contributed by atoms with Crippen LogP contribution < -0.4 is 9.64 Å². The Balaban J connectivity index is 1.44. The highest BCUT2D eigenvalue weighted by molar-refractivity contribution is 5.86. The van der Waals surface area contributed by atoms with Crippen molar-refractivity contribution in [3.8, 4) is 5.88 Å². The van der Waals surface area contributed by atoms with Crippen LogP contribution in [-0.4, -0.2) is 78.6 Å². The van der Waals surface area contributed by atoms with E-state index in [4.69, 9.17) is 9.47 Å². The summed E-state index contributed by atoms with van der Waals surface area (Å²) < 4.78 is 10.7. The normalized spacial score (nSPS) is 24.8. The van der Waals surface area contributed by atoms with Crippen molar-refractivity contribution in [2.75, 3.05) is 57.9 Å². The van der Waals surface area contributed by atoms with Gasteiger partial charge >= 0.3 is 0 Å². The van der Waals surface area contributed by atoms with Gasteiger partial charge in [-0.25, -0.2) is 9.97 Å². The average molecular weight is 344 g/mol. The molecule has 2 aromatic rings. The van der Waals surface area contributed by atoms with E-state index in [0.717, 1.165) is 49.2 Å². The molecule has 0 radical (unpaired) electrons. The van der Waals surface area contributed by atoms with E-state index in [0.29, 0.717) is 25.6 Å². The van der Waals surface area contributed by atoms with Gasteiger partial charge in [-0.1, -0.05) is 0 Å². The SMILES string of the molecule is COc1ncnc2ccc(N3CCN(CC4(O)CCOC4)CC3)cc12. The van der Waals surface area contributed by atoms with Crippen LogP contribution in [0.5, 0.6) is 5.88 Å². The van der Waals surface area contributed by atoms with Crippen molar-refractivity contribution < 1.29 is 14.6 Å². The Morgan fingerprint density at radius 3 is 2.80 bits per heavy atom. The molecule has 2 aliphatic heterocycles. The van der Waals surface area contributed by atoms with Crippen molar-refractivity contribution in [3.05, 3.63) is 24.5 Å². The predicted molar refractivity (Wildman–Crippen MR) is 95.1 cm³/mol. The molecule has 7 heteroatoms. The summed E-state index contributed by atoms with van der Waals surface area (Å²) in [6, 6.07) is 6.21. The Morgan fingerprint density at radius 2 is 2.08 bits per heavy atom. The van der Waals surface area contributed by atoms with Gasteiger partial charge in [-0.05, 0) is 18.2 Å². The summed E-state index contributed by atoms with van der Waals surface area (Å²) in [7, 11) is 1.63. The maximum Gasteiger partial charge on any atom is 0.224 e. The fourth-order valence-corrected chi connectivity index (χ4v) is 3.68. The molecule has 7 nitrogen and oxygen atoms in total. The van der Waals surface area contributed by atoms with Crippen LogP contribution in [0, 0.1) is 0 Å². The minimum absolute atomic E-state index is 0.456. The number of methoxy groups -OCH3 is 1. The van der Waals surface area contributed by atoms with Crippen LogP contribution in [0.4, 0.5) is 5.69 Å². The lowest BCUT2D eigenvalue weighted by Gasteiger charge is -2.38. The smallest absolute Gasteiger partial charge is 0.224 e. The molecule has 1 atom stereocenters. The number of ether oxygens (including phenoxy) is 2. The maximum atomic E-state index is 10.5. The molecule has 3 heterocycles. The third-order valence-electron chi connectivity index (χ3n) is 5.11. The topological polar surface area (TPSA) is 71.0 Å². The first-order chi connectivity index (χ1) is 12.2. The Morgan fingerprint density at radius 1 is 1.24 bits per heavy atom. The van der Waals surface area contributed by atoms with Crippen LogP contribution >= 0.6 is 0 Å². The van der Waals surface area contributed by atoms with Crippen molar-refractivity contribution in [2.45, 2.75) is 12.0 Å². The third-order valence-corrected chi connectivity index (χ3v) is 5.11. The molecule has 2 saturated heterocycles. The van der Waals surface area contributed by atoms with Crippen LogP contribution in [0.3, 0.4) is 0 Å². The lowest BCUT2D eigenvalue weighted by molar-refractivity contribution is -0.00557. The minimum Gasteiger partial charge on any atom is -0.480 e. The first-order valence-electron chi connectivity index (χ1n) is 8.73. The molecule has 0 saturated carbocycles. The highest BCUT2D eigenvalue weighted by atomic mass is 16.5. The number of anilines is 1. The zero-order chi connectivity index (χ0) is 17.3. The van der Waals surface area contributed by atoms with Gasteiger partial charge in [-0.15, -0.1) is 0 Å². The zero-order valence-corrected chi connectivity index (χ0v) is 14.5. The second kappa shape index (κ2) is 6.74. The van der Waals surface area contributed by atoms with Gasteiger partial charge in [0, 0.05) is 51.4 Å². The first-order valence-corrected chi connectivity index (χ1v) is 8.73. The summed E-state index contributed by atoms with van der Waals surface area (Å²) in [5, 5.41) is 11.4. The number of fused-ring (bicyclic) bond motifs is 1. The third kappa shape index (κ3) is 3.40. The summed E-state index contributed by atoms with van der Waals surface area (Å²) in [5.74, 6) is 0.606. The Hall–Kier alpha value is -1.96. The highest BCUT2D eigenvalue weighted by Crippen LogP contribution is 2.27. The predicted octanol–water partition coefficient (Wildman–Crippen LogP) is 0.912. The molecular formula is C18H24N4O3. The molecular weight excluding hydrogens is 320 g/mol. The molecule has 25 heavy (non-hydrogen) atoms.